The van der Waals surface area contributed by atoms with Gasteiger partial charge in [-0.25, -0.2) is 4.98 Å². The molecule has 7 nitrogen and oxygen atoms in total. The summed E-state index contributed by atoms with van der Waals surface area (Å²) in [6.07, 6.45) is 0. The third-order valence-corrected chi connectivity index (χ3v) is 5.71. The number of hydrogen-bond donors (Lipinski definition) is 2. The van der Waals surface area contributed by atoms with Crippen molar-refractivity contribution in [3.63, 3.8) is 0 Å². The van der Waals surface area contributed by atoms with Crippen molar-refractivity contribution >= 4 is 34.2 Å². The zero-order valence-electron chi connectivity index (χ0n) is 19.5. The van der Waals surface area contributed by atoms with Gasteiger partial charge in [-0.3, -0.25) is 19.0 Å². The molecule has 1 atom stereocenters. The number of carbonyl (C=O) groups is 2. The quantitative estimate of drug-likeness (QED) is 0.451. The van der Waals surface area contributed by atoms with Crippen LogP contribution < -0.4 is 16.2 Å². The van der Waals surface area contributed by atoms with Gasteiger partial charge in [0.05, 0.1) is 16.7 Å². The van der Waals surface area contributed by atoms with Crippen LogP contribution in [0.3, 0.4) is 0 Å². The molecule has 0 fully saturated rings. The molecule has 0 aliphatic rings. The SMILES string of the molecule is CC(=O)Nc1ccc(C)cc1-c1nc2ccccc2n(C(C)C(=O)Nc2ccccc2C)c1=O. The summed E-state index contributed by atoms with van der Waals surface area (Å²) in [5, 5.41) is 5.71. The minimum absolute atomic E-state index is 0.168. The van der Waals surface area contributed by atoms with Crippen molar-refractivity contribution in [2.45, 2.75) is 33.7 Å². The Morgan fingerprint density at radius 3 is 2.35 bits per heavy atom. The smallest absolute Gasteiger partial charge is 0.278 e. The Bertz CT molecular complexity index is 1470. The number of nitrogens with one attached hydrogen (secondary N) is 2. The second-order valence-corrected chi connectivity index (χ2v) is 8.33. The maximum absolute atomic E-state index is 13.8. The van der Waals surface area contributed by atoms with E-state index in [-0.39, 0.29) is 17.5 Å². The molecule has 2 N–H and O–H groups in total. The molecule has 7 heteroatoms. The average Bonchev–Trinajstić information content (AvgIpc) is 2.80. The van der Waals surface area contributed by atoms with Crippen LogP contribution in [0.1, 0.15) is 31.0 Å². The zero-order chi connectivity index (χ0) is 24.4. The average molecular weight is 455 g/mol. The van der Waals surface area contributed by atoms with E-state index in [2.05, 4.69) is 15.6 Å². The number of anilines is 2. The van der Waals surface area contributed by atoms with Crippen molar-refractivity contribution < 1.29 is 9.59 Å². The van der Waals surface area contributed by atoms with Gasteiger partial charge in [-0.05, 0) is 56.7 Å². The van der Waals surface area contributed by atoms with Crippen LogP contribution in [0.5, 0.6) is 0 Å². The summed E-state index contributed by atoms with van der Waals surface area (Å²) in [6.45, 7) is 6.91. The van der Waals surface area contributed by atoms with Crippen LogP contribution in [0.4, 0.5) is 11.4 Å². The van der Waals surface area contributed by atoms with Crippen LogP contribution in [0, 0.1) is 13.8 Å². The van der Waals surface area contributed by atoms with Crippen LogP contribution in [0.15, 0.2) is 71.5 Å². The highest BCUT2D eigenvalue weighted by atomic mass is 16.2. The van der Waals surface area contributed by atoms with Gasteiger partial charge >= 0.3 is 0 Å². The largest absolute Gasteiger partial charge is 0.326 e. The Labute approximate surface area is 197 Å². The topological polar surface area (TPSA) is 93.1 Å². The molecule has 0 saturated heterocycles. The minimum atomic E-state index is -0.812. The number of para-hydroxylation sites is 3. The van der Waals surface area contributed by atoms with E-state index >= 15 is 0 Å². The number of carbonyl (C=O) groups excluding carboxylic acids is 2. The summed E-state index contributed by atoms with van der Waals surface area (Å²) >= 11 is 0. The molecule has 4 aromatic rings. The predicted octanol–water partition coefficient (Wildman–Crippen LogP) is 4.84. The van der Waals surface area contributed by atoms with E-state index < -0.39 is 11.6 Å². The molecule has 4 rings (SSSR count). The molecule has 0 spiro atoms. The summed E-state index contributed by atoms with van der Waals surface area (Å²) in [7, 11) is 0. The van der Waals surface area contributed by atoms with Crippen LogP contribution in [0.2, 0.25) is 0 Å². The fraction of sp³-hybridized carbons (Fsp3) is 0.185. The Kier molecular flexibility index (Phi) is 6.27. The third-order valence-electron chi connectivity index (χ3n) is 5.71. The molecule has 0 aliphatic carbocycles. The first kappa shape index (κ1) is 22.9. The maximum Gasteiger partial charge on any atom is 0.278 e. The molecule has 0 bridgehead atoms. The predicted molar refractivity (Wildman–Crippen MR) is 135 cm³/mol. The standard InChI is InChI=1S/C27H26N4O3/c1-16-13-14-22(28-19(4)32)20(15-16)25-27(34)31(24-12-8-7-11-23(24)29-25)18(3)26(33)30-21-10-6-5-9-17(21)2/h5-15,18H,1-4H3,(H,28,32)(H,30,33). The third kappa shape index (κ3) is 4.45. The maximum atomic E-state index is 13.8. The van der Waals surface area contributed by atoms with Gasteiger partial charge in [0, 0.05) is 18.2 Å². The first-order valence-corrected chi connectivity index (χ1v) is 11.0. The van der Waals surface area contributed by atoms with Crippen LogP contribution in [-0.2, 0) is 9.59 Å². The normalized spacial score (nSPS) is 11.8. The van der Waals surface area contributed by atoms with E-state index in [0.29, 0.717) is 28.0 Å². The highest BCUT2D eigenvalue weighted by Crippen LogP contribution is 2.28. The second-order valence-electron chi connectivity index (χ2n) is 8.33. The molecule has 3 aromatic carbocycles. The van der Waals surface area contributed by atoms with Gasteiger partial charge in [0.25, 0.3) is 5.56 Å². The van der Waals surface area contributed by atoms with Gasteiger partial charge < -0.3 is 10.6 Å². The molecule has 1 aromatic heterocycles. The van der Waals surface area contributed by atoms with E-state index in [0.717, 1.165) is 11.1 Å². The Balaban J connectivity index is 1.89. The molecule has 0 aliphatic heterocycles. The number of benzene rings is 3. The number of aryl methyl sites for hydroxylation is 2. The Morgan fingerprint density at radius 2 is 1.62 bits per heavy atom. The summed E-state index contributed by atoms with van der Waals surface area (Å²) in [5.41, 5.74) is 4.40. The van der Waals surface area contributed by atoms with Crippen molar-refractivity contribution in [2.75, 3.05) is 10.6 Å². The molecular formula is C27H26N4O3. The van der Waals surface area contributed by atoms with Gasteiger partial charge in [-0.15, -0.1) is 0 Å². The van der Waals surface area contributed by atoms with Crippen LogP contribution in [-0.4, -0.2) is 21.4 Å². The van der Waals surface area contributed by atoms with Gasteiger partial charge in [0.1, 0.15) is 11.7 Å². The minimum Gasteiger partial charge on any atom is -0.326 e. The summed E-state index contributed by atoms with van der Waals surface area (Å²) in [5.74, 6) is -0.567. The van der Waals surface area contributed by atoms with E-state index in [1.165, 1.54) is 11.5 Å². The van der Waals surface area contributed by atoms with Gasteiger partial charge in [-0.2, -0.15) is 0 Å². The summed E-state index contributed by atoms with van der Waals surface area (Å²) in [6, 6.07) is 19.3. The lowest BCUT2D eigenvalue weighted by molar-refractivity contribution is -0.118. The van der Waals surface area contributed by atoms with Crippen LogP contribution in [0.25, 0.3) is 22.3 Å². The van der Waals surface area contributed by atoms with Crippen molar-refractivity contribution in [1.29, 1.82) is 0 Å². The fourth-order valence-electron chi connectivity index (χ4n) is 3.93. The first-order chi connectivity index (χ1) is 16.3. The van der Waals surface area contributed by atoms with Crippen molar-refractivity contribution in [2.24, 2.45) is 0 Å². The number of amides is 2. The van der Waals surface area contributed by atoms with Crippen molar-refractivity contribution in [3.05, 3.63) is 88.2 Å². The lowest BCUT2D eigenvalue weighted by Crippen LogP contribution is -2.33. The molecule has 1 unspecified atom stereocenters. The van der Waals surface area contributed by atoms with E-state index in [1.807, 2.05) is 56.3 Å². The molecule has 172 valence electrons. The second kappa shape index (κ2) is 9.31. The number of hydrogen-bond acceptors (Lipinski definition) is 4. The number of rotatable bonds is 5. The fourth-order valence-corrected chi connectivity index (χ4v) is 3.93. The van der Waals surface area contributed by atoms with Gasteiger partial charge in [0.15, 0.2) is 0 Å². The van der Waals surface area contributed by atoms with Crippen LogP contribution >= 0.6 is 0 Å². The van der Waals surface area contributed by atoms with E-state index in [1.54, 1.807) is 31.2 Å². The lowest BCUT2D eigenvalue weighted by atomic mass is 10.1. The zero-order valence-corrected chi connectivity index (χ0v) is 19.5. The Hall–Kier alpha value is -4.26. The molecule has 2 amide bonds. The Morgan fingerprint density at radius 1 is 0.912 bits per heavy atom. The number of fused-ring (bicyclic) bond motifs is 1. The van der Waals surface area contributed by atoms with E-state index in [9.17, 15) is 14.4 Å². The monoisotopic (exact) mass is 454 g/mol. The van der Waals surface area contributed by atoms with Gasteiger partial charge in [0.2, 0.25) is 11.8 Å². The molecule has 0 radical (unpaired) electrons. The molecule has 34 heavy (non-hydrogen) atoms. The lowest BCUT2D eigenvalue weighted by Gasteiger charge is -2.20. The van der Waals surface area contributed by atoms with Crippen molar-refractivity contribution in [1.82, 2.24) is 9.55 Å². The number of aromatic nitrogens is 2. The molecule has 1 heterocycles. The number of nitrogens with zero attached hydrogens (tertiary/aromatic N) is 2. The van der Waals surface area contributed by atoms with Crippen molar-refractivity contribution in [3.8, 4) is 11.3 Å². The molecule has 0 saturated carbocycles. The highest BCUT2D eigenvalue weighted by Gasteiger charge is 2.23. The summed E-state index contributed by atoms with van der Waals surface area (Å²) < 4.78 is 1.46. The highest BCUT2D eigenvalue weighted by molar-refractivity contribution is 5.96. The molecular weight excluding hydrogens is 428 g/mol. The van der Waals surface area contributed by atoms with Gasteiger partial charge in [-0.1, -0.05) is 42.0 Å². The summed E-state index contributed by atoms with van der Waals surface area (Å²) in [4.78, 5) is 43.4. The van der Waals surface area contributed by atoms with E-state index in [4.69, 9.17) is 0 Å². The first-order valence-electron chi connectivity index (χ1n) is 11.0.